The van der Waals surface area contributed by atoms with Crippen molar-refractivity contribution in [1.29, 1.82) is 0 Å². The molecule has 0 heterocycles. The van der Waals surface area contributed by atoms with Gasteiger partial charge in [0.1, 0.15) is 0 Å². The van der Waals surface area contributed by atoms with E-state index in [0.717, 1.165) is 10.0 Å². The Labute approximate surface area is 132 Å². The molecule has 0 aliphatic carbocycles. The van der Waals surface area contributed by atoms with Crippen molar-refractivity contribution in [2.75, 3.05) is 0 Å². The Morgan fingerprint density at radius 2 is 1.71 bits per heavy atom. The topological polar surface area (TPSA) is 43.4 Å². The molecule has 0 aromatic heterocycles. The van der Waals surface area contributed by atoms with Crippen LogP contribution in [0.25, 0.3) is 0 Å². The lowest BCUT2D eigenvalue weighted by Crippen LogP contribution is -2.24. The zero-order chi connectivity index (χ0) is 15.4. The van der Waals surface area contributed by atoms with Crippen molar-refractivity contribution in [2.24, 2.45) is 0 Å². The molecule has 21 heavy (non-hydrogen) atoms. The standard InChI is InChI=1S/C17H15BrO3/c1-11-6-8-13(9-7-11)16(19)12(2)21-17(20)14-4-3-5-15(18)10-14/h3-10,12H,1-2H3/t12-/m1/s1. The highest BCUT2D eigenvalue weighted by molar-refractivity contribution is 9.10. The fraction of sp³-hybridized carbons (Fsp3) is 0.176. The Morgan fingerprint density at radius 3 is 2.33 bits per heavy atom. The molecule has 2 aromatic rings. The number of carbonyl (C=O) groups excluding carboxylic acids is 2. The van der Waals surface area contributed by atoms with Gasteiger partial charge < -0.3 is 4.74 Å². The number of aryl methyl sites for hydroxylation is 1. The number of ether oxygens (including phenoxy) is 1. The molecule has 0 N–H and O–H groups in total. The van der Waals surface area contributed by atoms with E-state index in [1.165, 1.54) is 0 Å². The molecule has 2 aromatic carbocycles. The monoisotopic (exact) mass is 346 g/mol. The molecule has 0 radical (unpaired) electrons. The minimum Gasteiger partial charge on any atom is -0.451 e. The van der Waals surface area contributed by atoms with Crippen molar-refractivity contribution in [1.82, 2.24) is 0 Å². The van der Waals surface area contributed by atoms with Gasteiger partial charge in [-0.1, -0.05) is 51.8 Å². The Morgan fingerprint density at radius 1 is 1.05 bits per heavy atom. The molecule has 0 saturated carbocycles. The van der Waals surface area contributed by atoms with Gasteiger partial charge in [0.2, 0.25) is 5.78 Å². The Kier molecular flexibility index (Phi) is 4.91. The van der Waals surface area contributed by atoms with Crippen LogP contribution in [-0.2, 0) is 4.74 Å². The van der Waals surface area contributed by atoms with Gasteiger partial charge in [0.25, 0.3) is 0 Å². The molecule has 0 amide bonds. The number of hydrogen-bond acceptors (Lipinski definition) is 3. The van der Waals surface area contributed by atoms with Crippen molar-refractivity contribution in [3.8, 4) is 0 Å². The van der Waals surface area contributed by atoms with E-state index in [1.807, 2.05) is 25.1 Å². The highest BCUT2D eigenvalue weighted by atomic mass is 79.9. The van der Waals surface area contributed by atoms with E-state index < -0.39 is 12.1 Å². The molecular weight excluding hydrogens is 332 g/mol. The average molecular weight is 347 g/mol. The maximum absolute atomic E-state index is 12.2. The number of halogens is 1. The summed E-state index contributed by atoms with van der Waals surface area (Å²) >= 11 is 3.29. The summed E-state index contributed by atoms with van der Waals surface area (Å²) in [5, 5.41) is 0. The zero-order valence-corrected chi connectivity index (χ0v) is 13.4. The molecule has 0 aliphatic heterocycles. The number of carbonyl (C=O) groups is 2. The first-order valence-electron chi connectivity index (χ1n) is 6.55. The van der Waals surface area contributed by atoms with Crippen molar-refractivity contribution in [2.45, 2.75) is 20.0 Å². The SMILES string of the molecule is Cc1ccc(C(=O)[C@@H](C)OC(=O)c2cccc(Br)c2)cc1. The molecule has 1 atom stereocenters. The first-order valence-corrected chi connectivity index (χ1v) is 7.34. The van der Waals surface area contributed by atoms with E-state index in [9.17, 15) is 9.59 Å². The Hall–Kier alpha value is -1.94. The molecule has 0 spiro atoms. The lowest BCUT2D eigenvalue weighted by Gasteiger charge is -2.12. The van der Waals surface area contributed by atoms with Gasteiger partial charge in [-0.15, -0.1) is 0 Å². The summed E-state index contributed by atoms with van der Waals surface area (Å²) < 4.78 is 6.02. The van der Waals surface area contributed by atoms with Crippen LogP contribution in [0.15, 0.2) is 53.0 Å². The normalized spacial score (nSPS) is 11.8. The molecular formula is C17H15BrO3. The summed E-state index contributed by atoms with van der Waals surface area (Å²) in [5.41, 5.74) is 2.02. The predicted molar refractivity (Wildman–Crippen MR) is 84.5 cm³/mol. The van der Waals surface area contributed by atoms with Gasteiger partial charge in [-0.2, -0.15) is 0 Å². The number of rotatable bonds is 4. The molecule has 0 unspecified atom stereocenters. The molecule has 0 fully saturated rings. The lowest BCUT2D eigenvalue weighted by molar-refractivity contribution is 0.0318. The minimum absolute atomic E-state index is 0.210. The van der Waals surface area contributed by atoms with Crippen molar-refractivity contribution < 1.29 is 14.3 Å². The molecule has 0 bridgehead atoms. The number of ketones is 1. The maximum atomic E-state index is 12.2. The van der Waals surface area contributed by atoms with Crippen LogP contribution in [0.2, 0.25) is 0 Å². The predicted octanol–water partition coefficient (Wildman–Crippen LogP) is 4.19. The number of hydrogen-bond donors (Lipinski definition) is 0. The smallest absolute Gasteiger partial charge is 0.338 e. The third-order valence-corrected chi connectivity index (χ3v) is 3.54. The summed E-state index contributed by atoms with van der Waals surface area (Å²) in [6, 6.07) is 14.1. The third kappa shape index (κ3) is 4.02. The second-order valence-electron chi connectivity index (χ2n) is 4.79. The summed E-state index contributed by atoms with van der Waals surface area (Å²) in [4.78, 5) is 24.2. The molecule has 0 aliphatic rings. The van der Waals surface area contributed by atoms with Gasteiger partial charge >= 0.3 is 5.97 Å². The second kappa shape index (κ2) is 6.68. The van der Waals surface area contributed by atoms with Crippen LogP contribution in [0.3, 0.4) is 0 Å². The Bertz CT molecular complexity index is 662. The Balaban J connectivity index is 2.07. The van der Waals surface area contributed by atoms with Crippen molar-refractivity contribution >= 4 is 27.7 Å². The van der Waals surface area contributed by atoms with Crippen molar-refractivity contribution in [3.63, 3.8) is 0 Å². The lowest BCUT2D eigenvalue weighted by atomic mass is 10.1. The van der Waals surface area contributed by atoms with Crippen LogP contribution in [0, 0.1) is 6.92 Å². The first kappa shape index (κ1) is 15.4. The average Bonchev–Trinajstić information content (AvgIpc) is 2.47. The summed E-state index contributed by atoms with van der Waals surface area (Å²) in [7, 11) is 0. The number of benzene rings is 2. The van der Waals surface area contributed by atoms with Gasteiger partial charge in [0, 0.05) is 10.0 Å². The molecule has 3 nitrogen and oxygen atoms in total. The van der Waals surface area contributed by atoms with Crippen LogP contribution < -0.4 is 0 Å². The summed E-state index contributed by atoms with van der Waals surface area (Å²) in [6.45, 7) is 3.53. The number of Topliss-reactive ketones (excluding diaryl/α,β-unsaturated/α-hetero) is 1. The highest BCUT2D eigenvalue weighted by Gasteiger charge is 2.20. The van der Waals surface area contributed by atoms with E-state index in [4.69, 9.17) is 4.74 Å². The van der Waals surface area contributed by atoms with E-state index in [-0.39, 0.29) is 5.78 Å². The van der Waals surface area contributed by atoms with E-state index in [0.29, 0.717) is 11.1 Å². The largest absolute Gasteiger partial charge is 0.451 e. The quantitative estimate of drug-likeness (QED) is 0.615. The van der Waals surface area contributed by atoms with Crippen molar-refractivity contribution in [3.05, 3.63) is 69.7 Å². The summed E-state index contributed by atoms with van der Waals surface area (Å²) in [5.74, 6) is -0.720. The van der Waals surface area contributed by atoms with Crippen LogP contribution >= 0.6 is 15.9 Å². The van der Waals surface area contributed by atoms with E-state index in [1.54, 1.807) is 37.3 Å². The number of esters is 1. The third-order valence-electron chi connectivity index (χ3n) is 3.05. The van der Waals surface area contributed by atoms with Crippen LogP contribution in [0.4, 0.5) is 0 Å². The highest BCUT2D eigenvalue weighted by Crippen LogP contribution is 2.14. The van der Waals surface area contributed by atoms with Gasteiger partial charge in [0.05, 0.1) is 5.56 Å². The van der Waals surface area contributed by atoms with E-state index >= 15 is 0 Å². The van der Waals surface area contributed by atoms with Gasteiger partial charge in [-0.05, 0) is 32.0 Å². The molecule has 0 saturated heterocycles. The molecule has 108 valence electrons. The van der Waals surface area contributed by atoms with E-state index in [2.05, 4.69) is 15.9 Å². The van der Waals surface area contributed by atoms with Crippen LogP contribution in [-0.4, -0.2) is 17.9 Å². The van der Waals surface area contributed by atoms with Crippen LogP contribution in [0.5, 0.6) is 0 Å². The second-order valence-corrected chi connectivity index (χ2v) is 5.70. The molecule has 2 rings (SSSR count). The van der Waals surface area contributed by atoms with Gasteiger partial charge in [-0.3, -0.25) is 4.79 Å². The summed E-state index contributed by atoms with van der Waals surface area (Å²) in [6.07, 6.45) is -0.820. The first-order chi connectivity index (χ1) is 9.97. The molecule has 4 heteroatoms. The fourth-order valence-corrected chi connectivity index (χ4v) is 2.25. The van der Waals surface area contributed by atoms with Gasteiger partial charge in [-0.25, -0.2) is 4.79 Å². The fourth-order valence-electron chi connectivity index (χ4n) is 1.85. The zero-order valence-electron chi connectivity index (χ0n) is 11.8. The van der Waals surface area contributed by atoms with Gasteiger partial charge in [0.15, 0.2) is 6.10 Å². The minimum atomic E-state index is -0.820. The van der Waals surface area contributed by atoms with Crippen LogP contribution in [0.1, 0.15) is 33.2 Å². The maximum Gasteiger partial charge on any atom is 0.338 e.